The predicted molar refractivity (Wildman–Crippen MR) is 121 cm³/mol. The van der Waals surface area contributed by atoms with Crippen LogP contribution < -0.4 is 15.1 Å². The molecule has 0 atom stereocenters. The van der Waals surface area contributed by atoms with E-state index in [1.54, 1.807) is 16.0 Å². The van der Waals surface area contributed by atoms with E-state index in [0.29, 0.717) is 25.8 Å². The summed E-state index contributed by atoms with van der Waals surface area (Å²) in [6.07, 6.45) is -2.97. The summed E-state index contributed by atoms with van der Waals surface area (Å²) < 4.78 is 44.2. The minimum atomic E-state index is -4.67. The first-order valence-corrected chi connectivity index (χ1v) is 11.1. The number of anilines is 2. The highest BCUT2D eigenvalue weighted by molar-refractivity contribution is 5.75. The van der Waals surface area contributed by atoms with E-state index in [4.69, 9.17) is 4.74 Å². The monoisotopic (exact) mass is 494 g/mol. The molecule has 0 saturated carbocycles. The molecule has 0 spiro atoms. The Hall–Kier alpha value is -3.61. The summed E-state index contributed by atoms with van der Waals surface area (Å²) in [6.45, 7) is 4.18. The van der Waals surface area contributed by atoms with Gasteiger partial charge in [-0.15, -0.1) is 0 Å². The summed E-state index contributed by atoms with van der Waals surface area (Å²) >= 11 is 0. The van der Waals surface area contributed by atoms with Crippen molar-refractivity contribution >= 4 is 23.2 Å². The van der Waals surface area contributed by atoms with E-state index in [9.17, 15) is 28.1 Å². The van der Waals surface area contributed by atoms with Gasteiger partial charge in [-0.05, 0) is 29.8 Å². The molecule has 1 N–H and O–H groups in total. The molecule has 35 heavy (non-hydrogen) atoms. The lowest BCUT2D eigenvalue weighted by Gasteiger charge is -2.35. The number of urea groups is 1. The Morgan fingerprint density at radius 2 is 1.77 bits per heavy atom. The molecule has 3 heterocycles. The largest absolute Gasteiger partial charge is 0.416 e. The van der Waals surface area contributed by atoms with Crippen molar-refractivity contribution in [1.82, 2.24) is 15.2 Å². The van der Waals surface area contributed by atoms with Crippen molar-refractivity contribution in [3.63, 3.8) is 0 Å². The van der Waals surface area contributed by atoms with E-state index in [0.717, 1.165) is 36.6 Å². The lowest BCUT2D eigenvalue weighted by Crippen LogP contribution is -2.51. The highest BCUT2D eigenvalue weighted by Crippen LogP contribution is 2.36. The molecule has 1 aromatic heterocycles. The van der Waals surface area contributed by atoms with Crippen molar-refractivity contribution < 1.29 is 27.6 Å². The quantitative estimate of drug-likeness (QED) is 0.504. The number of rotatable bonds is 5. The van der Waals surface area contributed by atoms with Crippen molar-refractivity contribution in [2.75, 3.05) is 62.3 Å². The van der Waals surface area contributed by atoms with Crippen LogP contribution >= 0.6 is 0 Å². The minimum Gasteiger partial charge on any atom is -0.378 e. The zero-order chi connectivity index (χ0) is 25.0. The molecule has 0 unspecified atom stereocenters. The number of pyridine rings is 1. The number of piperazine rings is 1. The number of carbonyl (C=O) groups excluding carboxylic acids is 1. The maximum absolute atomic E-state index is 13.0. The number of amides is 2. The van der Waals surface area contributed by atoms with Crippen molar-refractivity contribution in [3.8, 4) is 0 Å². The van der Waals surface area contributed by atoms with Crippen molar-refractivity contribution in [2.24, 2.45) is 0 Å². The molecule has 4 rings (SSSR count). The third-order valence-corrected chi connectivity index (χ3v) is 6.00. The Morgan fingerprint density at radius 3 is 2.43 bits per heavy atom. The average Bonchev–Trinajstić information content (AvgIpc) is 2.87. The van der Waals surface area contributed by atoms with Gasteiger partial charge in [0.05, 0.1) is 23.7 Å². The highest BCUT2D eigenvalue weighted by atomic mass is 19.4. The number of nitro groups is 1. The molecule has 2 saturated heterocycles. The second kappa shape index (κ2) is 10.3. The van der Waals surface area contributed by atoms with Crippen LogP contribution in [0.3, 0.4) is 0 Å². The molecule has 2 aromatic rings. The van der Waals surface area contributed by atoms with Gasteiger partial charge in [0, 0.05) is 58.1 Å². The van der Waals surface area contributed by atoms with E-state index in [1.165, 1.54) is 0 Å². The summed E-state index contributed by atoms with van der Waals surface area (Å²) in [4.78, 5) is 32.9. The smallest absolute Gasteiger partial charge is 0.378 e. The Morgan fingerprint density at radius 1 is 1.06 bits per heavy atom. The van der Waals surface area contributed by atoms with Gasteiger partial charge in [0.15, 0.2) is 0 Å². The first-order valence-electron chi connectivity index (χ1n) is 11.1. The lowest BCUT2D eigenvalue weighted by molar-refractivity contribution is -0.384. The number of aromatic nitrogens is 1. The number of nitrogens with one attached hydrogen (secondary N) is 1. The summed E-state index contributed by atoms with van der Waals surface area (Å²) in [5.74, 6) is 0.826. The van der Waals surface area contributed by atoms with Crippen molar-refractivity contribution in [3.05, 3.63) is 57.8 Å². The molecule has 0 radical (unpaired) electrons. The van der Waals surface area contributed by atoms with Crippen LogP contribution in [-0.4, -0.2) is 73.3 Å². The Labute approximate surface area is 199 Å². The van der Waals surface area contributed by atoms with Crippen LogP contribution in [0.1, 0.15) is 11.1 Å². The number of ether oxygens (including phenoxy) is 1. The molecular formula is C22H25F3N6O4. The third-order valence-electron chi connectivity index (χ3n) is 6.00. The van der Waals surface area contributed by atoms with Gasteiger partial charge < -0.3 is 24.8 Å². The number of alkyl halides is 3. The van der Waals surface area contributed by atoms with Gasteiger partial charge in [-0.3, -0.25) is 10.1 Å². The van der Waals surface area contributed by atoms with Crippen LogP contribution in [0.4, 0.5) is 35.2 Å². The number of hydrogen-bond acceptors (Lipinski definition) is 7. The number of hydrogen-bond donors (Lipinski definition) is 1. The summed E-state index contributed by atoms with van der Waals surface area (Å²) in [5, 5.41) is 14.3. The molecule has 2 fully saturated rings. The summed E-state index contributed by atoms with van der Waals surface area (Å²) in [5.41, 5.74) is -0.672. The van der Waals surface area contributed by atoms with Crippen LogP contribution in [0.25, 0.3) is 0 Å². The van der Waals surface area contributed by atoms with Gasteiger partial charge in [0.25, 0.3) is 5.69 Å². The number of benzene rings is 1. The van der Waals surface area contributed by atoms with Crippen LogP contribution in [-0.2, 0) is 17.5 Å². The SMILES string of the molecule is O=C(NCc1ccnc(N2CCOCC2)c1)N1CCN(c2ccc(C(F)(F)F)cc2[N+](=O)[O-])CC1. The van der Waals surface area contributed by atoms with Gasteiger partial charge in [-0.1, -0.05) is 0 Å². The summed E-state index contributed by atoms with van der Waals surface area (Å²) in [7, 11) is 0. The van der Waals surface area contributed by atoms with E-state index < -0.39 is 22.4 Å². The van der Waals surface area contributed by atoms with Gasteiger partial charge >= 0.3 is 12.2 Å². The molecule has 2 aliphatic rings. The molecule has 2 amide bonds. The fraction of sp³-hybridized carbons (Fsp3) is 0.455. The Bertz CT molecular complexity index is 1070. The molecule has 0 bridgehead atoms. The van der Waals surface area contributed by atoms with Gasteiger partial charge in [-0.25, -0.2) is 9.78 Å². The highest BCUT2D eigenvalue weighted by Gasteiger charge is 2.34. The molecule has 1 aromatic carbocycles. The number of nitrogens with zero attached hydrogens (tertiary/aromatic N) is 5. The van der Waals surface area contributed by atoms with Crippen LogP contribution in [0.5, 0.6) is 0 Å². The Balaban J connectivity index is 1.33. The van der Waals surface area contributed by atoms with Crippen LogP contribution in [0.2, 0.25) is 0 Å². The summed E-state index contributed by atoms with van der Waals surface area (Å²) in [6, 6.07) is 5.97. The van der Waals surface area contributed by atoms with Crippen LogP contribution in [0, 0.1) is 10.1 Å². The first-order chi connectivity index (χ1) is 16.7. The van der Waals surface area contributed by atoms with Gasteiger partial charge in [0.1, 0.15) is 11.5 Å². The fourth-order valence-electron chi connectivity index (χ4n) is 4.09. The molecule has 13 heteroatoms. The first kappa shape index (κ1) is 24.5. The average molecular weight is 494 g/mol. The molecular weight excluding hydrogens is 469 g/mol. The fourth-order valence-corrected chi connectivity index (χ4v) is 4.09. The van der Waals surface area contributed by atoms with E-state index in [2.05, 4.69) is 15.2 Å². The second-order valence-corrected chi connectivity index (χ2v) is 8.21. The minimum absolute atomic E-state index is 0.107. The second-order valence-electron chi connectivity index (χ2n) is 8.21. The normalized spacial score (nSPS) is 16.8. The zero-order valence-corrected chi connectivity index (χ0v) is 18.8. The van der Waals surface area contributed by atoms with E-state index in [-0.39, 0.29) is 37.9 Å². The molecule has 188 valence electrons. The number of morpholine rings is 1. The third kappa shape index (κ3) is 5.91. The Kier molecular flexibility index (Phi) is 7.24. The number of carbonyl (C=O) groups is 1. The zero-order valence-electron chi connectivity index (χ0n) is 18.8. The predicted octanol–water partition coefficient (Wildman–Crippen LogP) is 2.88. The number of nitro benzene ring substituents is 1. The van der Waals surface area contributed by atoms with Gasteiger partial charge in [-0.2, -0.15) is 13.2 Å². The van der Waals surface area contributed by atoms with E-state index >= 15 is 0 Å². The maximum atomic E-state index is 13.0. The molecule has 0 aliphatic carbocycles. The standard InChI is InChI=1S/C22H25F3N6O4/c23-22(24,25)17-1-2-18(19(14-17)31(33)34)28-5-7-30(8-6-28)21(32)27-15-16-3-4-26-20(13-16)29-9-11-35-12-10-29/h1-4,13-14H,5-12,15H2,(H,27,32). The number of halogens is 3. The van der Waals surface area contributed by atoms with E-state index in [1.807, 2.05) is 12.1 Å². The lowest BCUT2D eigenvalue weighted by atomic mass is 10.1. The maximum Gasteiger partial charge on any atom is 0.416 e. The van der Waals surface area contributed by atoms with Crippen LogP contribution in [0.15, 0.2) is 36.5 Å². The molecule has 10 nitrogen and oxygen atoms in total. The topological polar surface area (TPSA) is 104 Å². The van der Waals surface area contributed by atoms with Crippen molar-refractivity contribution in [1.29, 1.82) is 0 Å². The van der Waals surface area contributed by atoms with Crippen molar-refractivity contribution in [2.45, 2.75) is 12.7 Å². The van der Waals surface area contributed by atoms with Gasteiger partial charge in [0.2, 0.25) is 0 Å². The molecule has 2 aliphatic heterocycles.